The van der Waals surface area contributed by atoms with E-state index in [1.54, 1.807) is 20.8 Å². The Bertz CT molecular complexity index is 913. The van der Waals surface area contributed by atoms with Gasteiger partial charge in [0.05, 0.1) is 0 Å². The second kappa shape index (κ2) is 7.97. The Morgan fingerprint density at radius 1 is 1.20 bits per heavy atom. The lowest BCUT2D eigenvalue weighted by molar-refractivity contribution is -0.147. The molecule has 0 unspecified atom stereocenters. The van der Waals surface area contributed by atoms with Crippen molar-refractivity contribution in [2.75, 3.05) is 7.11 Å². The summed E-state index contributed by atoms with van der Waals surface area (Å²) in [5, 5.41) is 11.6. The number of methoxy groups -OCH3 is 1. The molecule has 2 atom stereocenters. The minimum absolute atomic E-state index is 0.0787. The number of Topliss-reactive ketones (excluding diaryl/α,β-unsaturated/α-hetero) is 1. The number of ether oxygens (including phenoxy) is 1. The number of ketones is 1. The van der Waals surface area contributed by atoms with E-state index >= 15 is 0 Å². The van der Waals surface area contributed by atoms with E-state index in [1.807, 2.05) is 24.3 Å². The molecule has 1 N–H and O–H groups in total. The molecular formula is C25H36O4Si. The van der Waals surface area contributed by atoms with E-state index in [-0.39, 0.29) is 17.2 Å². The van der Waals surface area contributed by atoms with E-state index in [0.717, 1.165) is 5.75 Å². The summed E-state index contributed by atoms with van der Waals surface area (Å²) in [6.07, 6.45) is 0.0787. The van der Waals surface area contributed by atoms with Gasteiger partial charge in [0, 0.05) is 19.1 Å². The topological polar surface area (TPSA) is 55.8 Å². The highest BCUT2D eigenvalue weighted by atomic mass is 28.4. The molecule has 0 aromatic heterocycles. The molecule has 0 saturated heterocycles. The van der Waals surface area contributed by atoms with Gasteiger partial charge in [0.25, 0.3) is 0 Å². The molecule has 30 heavy (non-hydrogen) atoms. The number of carbonyl (C=O) groups is 1. The Labute approximate surface area is 182 Å². The summed E-state index contributed by atoms with van der Waals surface area (Å²) in [7, 11) is -0.457. The Morgan fingerprint density at radius 3 is 2.17 bits per heavy atom. The van der Waals surface area contributed by atoms with E-state index in [1.165, 1.54) is 7.11 Å². The molecule has 0 aliphatic heterocycles. The Morgan fingerprint density at radius 2 is 1.73 bits per heavy atom. The van der Waals surface area contributed by atoms with E-state index in [4.69, 9.17) is 9.16 Å². The first-order valence-corrected chi connectivity index (χ1v) is 13.2. The molecule has 0 radical (unpaired) electrons. The van der Waals surface area contributed by atoms with Gasteiger partial charge in [-0.05, 0) is 67.7 Å². The lowest BCUT2D eigenvalue weighted by Gasteiger charge is -2.45. The number of benzene rings is 1. The van der Waals surface area contributed by atoms with Crippen molar-refractivity contribution in [3.63, 3.8) is 0 Å². The fourth-order valence-corrected chi connectivity index (χ4v) is 4.70. The third kappa shape index (κ3) is 3.88. The SMILES string of the molecule is C=C=C(C)[C@]1(O)C[C@](OC)(c2ccc(O[Si](C)(C)C(C)(C)C)cc2)C(=O)C(C)=C1C. The molecule has 5 heteroatoms. The van der Waals surface area contributed by atoms with Crippen molar-refractivity contribution < 1.29 is 19.1 Å². The van der Waals surface area contributed by atoms with Gasteiger partial charge in [0.1, 0.15) is 11.4 Å². The fourth-order valence-electron chi connectivity index (χ4n) is 3.67. The number of rotatable bonds is 5. The predicted octanol–water partition coefficient (Wildman–Crippen LogP) is 5.68. The first kappa shape index (κ1) is 24.4. The van der Waals surface area contributed by atoms with Crippen molar-refractivity contribution in [1.82, 2.24) is 0 Å². The molecule has 1 aromatic rings. The van der Waals surface area contributed by atoms with Crippen molar-refractivity contribution in [3.8, 4) is 5.75 Å². The number of carbonyl (C=O) groups excluding carboxylic acids is 1. The van der Waals surface area contributed by atoms with Gasteiger partial charge in [0.15, 0.2) is 11.4 Å². The molecule has 2 rings (SSSR count). The van der Waals surface area contributed by atoms with E-state index in [2.05, 4.69) is 46.2 Å². The highest BCUT2D eigenvalue weighted by molar-refractivity contribution is 6.74. The van der Waals surface area contributed by atoms with Crippen LogP contribution in [0.25, 0.3) is 0 Å². The summed E-state index contributed by atoms with van der Waals surface area (Å²) in [6, 6.07) is 7.51. The van der Waals surface area contributed by atoms with Crippen LogP contribution in [-0.4, -0.2) is 31.9 Å². The van der Waals surface area contributed by atoms with Crippen LogP contribution in [0.1, 0.15) is 53.5 Å². The minimum atomic E-state index is -1.97. The van der Waals surface area contributed by atoms with Gasteiger partial charge in [-0.2, -0.15) is 0 Å². The van der Waals surface area contributed by atoms with E-state index in [9.17, 15) is 9.90 Å². The molecule has 1 aliphatic carbocycles. The summed E-state index contributed by atoms with van der Waals surface area (Å²) in [5.41, 5.74) is 2.56. The molecule has 0 saturated carbocycles. The first-order valence-electron chi connectivity index (χ1n) is 10.3. The summed E-state index contributed by atoms with van der Waals surface area (Å²) in [5.74, 6) is 0.642. The maximum absolute atomic E-state index is 13.4. The molecule has 1 aliphatic rings. The summed E-state index contributed by atoms with van der Waals surface area (Å²) >= 11 is 0. The lowest BCUT2D eigenvalue weighted by atomic mass is 9.66. The zero-order chi connectivity index (χ0) is 23.1. The summed E-state index contributed by atoms with van der Waals surface area (Å²) in [6.45, 7) is 20.0. The number of aliphatic hydroxyl groups is 1. The standard InChI is InChI=1S/C25H36O4Si/c1-11-17(2)24(27)16-25(28-8,22(26)18(3)19(24)4)20-12-14-21(15-13-20)29-30(9,10)23(5,6)7/h12-15,27H,1,16H2,2-10H3/t24-,25+/m1/s1. The number of hydrogen-bond donors (Lipinski definition) is 1. The van der Waals surface area contributed by atoms with Gasteiger partial charge in [-0.1, -0.05) is 39.5 Å². The third-order valence-electron chi connectivity index (χ3n) is 7.13. The largest absolute Gasteiger partial charge is 0.544 e. The van der Waals surface area contributed by atoms with Crippen molar-refractivity contribution in [2.45, 2.75) is 77.3 Å². The van der Waals surface area contributed by atoms with Crippen molar-refractivity contribution in [3.05, 3.63) is 58.9 Å². The Balaban J connectivity index is 2.53. The maximum Gasteiger partial charge on any atom is 0.250 e. The highest BCUT2D eigenvalue weighted by Gasteiger charge is 2.53. The van der Waals surface area contributed by atoms with Crippen LogP contribution < -0.4 is 4.43 Å². The quantitative estimate of drug-likeness (QED) is 0.484. The van der Waals surface area contributed by atoms with Crippen LogP contribution in [0.5, 0.6) is 5.75 Å². The average molecular weight is 429 g/mol. The predicted molar refractivity (Wildman–Crippen MR) is 124 cm³/mol. The van der Waals surface area contributed by atoms with Crippen molar-refractivity contribution >= 4 is 14.1 Å². The van der Waals surface area contributed by atoms with Crippen LogP contribution in [0.4, 0.5) is 0 Å². The summed E-state index contributed by atoms with van der Waals surface area (Å²) in [4.78, 5) is 13.4. The zero-order valence-electron chi connectivity index (χ0n) is 19.9. The third-order valence-corrected chi connectivity index (χ3v) is 11.5. The van der Waals surface area contributed by atoms with E-state index < -0.39 is 19.5 Å². The molecule has 4 nitrogen and oxygen atoms in total. The molecule has 0 spiro atoms. The molecule has 0 amide bonds. The van der Waals surface area contributed by atoms with Gasteiger partial charge in [-0.15, -0.1) is 5.73 Å². The van der Waals surface area contributed by atoms with Gasteiger partial charge in [0.2, 0.25) is 8.32 Å². The minimum Gasteiger partial charge on any atom is -0.544 e. The second-order valence-electron chi connectivity index (χ2n) is 9.84. The Kier molecular flexibility index (Phi) is 6.47. The average Bonchev–Trinajstić information content (AvgIpc) is 2.68. The van der Waals surface area contributed by atoms with Crippen LogP contribution in [0.2, 0.25) is 18.1 Å². The van der Waals surface area contributed by atoms with E-state index in [0.29, 0.717) is 22.3 Å². The maximum atomic E-state index is 13.4. The molecular weight excluding hydrogens is 392 g/mol. The molecule has 1 aromatic carbocycles. The first-order chi connectivity index (χ1) is 13.7. The fraction of sp³-hybridized carbons (Fsp3) is 0.520. The van der Waals surface area contributed by atoms with Gasteiger partial charge in [-0.25, -0.2) is 0 Å². The molecule has 0 heterocycles. The van der Waals surface area contributed by atoms with Gasteiger partial charge in [-0.3, -0.25) is 4.79 Å². The van der Waals surface area contributed by atoms with Crippen LogP contribution >= 0.6 is 0 Å². The van der Waals surface area contributed by atoms with Crippen LogP contribution in [0.15, 0.2) is 53.3 Å². The van der Waals surface area contributed by atoms with Gasteiger partial charge < -0.3 is 14.3 Å². The zero-order valence-corrected chi connectivity index (χ0v) is 20.9. The molecule has 0 bridgehead atoms. The molecule has 0 fully saturated rings. The Hall–Kier alpha value is -1.91. The summed E-state index contributed by atoms with van der Waals surface area (Å²) < 4.78 is 12.2. The van der Waals surface area contributed by atoms with Crippen molar-refractivity contribution in [1.29, 1.82) is 0 Å². The lowest BCUT2D eigenvalue weighted by Crippen LogP contribution is -2.52. The highest BCUT2D eigenvalue weighted by Crippen LogP contribution is 2.48. The van der Waals surface area contributed by atoms with Gasteiger partial charge >= 0.3 is 0 Å². The normalized spacial score (nSPS) is 25.2. The van der Waals surface area contributed by atoms with Crippen molar-refractivity contribution in [2.24, 2.45) is 0 Å². The van der Waals surface area contributed by atoms with Crippen LogP contribution in [0.3, 0.4) is 0 Å². The molecule has 164 valence electrons. The van der Waals surface area contributed by atoms with Crippen LogP contribution in [0, 0.1) is 0 Å². The monoisotopic (exact) mass is 428 g/mol. The second-order valence-corrected chi connectivity index (χ2v) is 14.6. The number of hydrogen-bond acceptors (Lipinski definition) is 4. The smallest absolute Gasteiger partial charge is 0.250 e. The van der Waals surface area contributed by atoms with Crippen LogP contribution in [-0.2, 0) is 15.1 Å².